The van der Waals surface area contributed by atoms with Gasteiger partial charge in [0.25, 0.3) is 0 Å². The van der Waals surface area contributed by atoms with Gasteiger partial charge in [-0.1, -0.05) is 44.4 Å². The molecule has 0 aliphatic carbocycles. The molecule has 1 N–H and O–H groups in total. The lowest BCUT2D eigenvalue weighted by atomic mass is 10.1. The Kier molecular flexibility index (Phi) is 5.81. The van der Waals surface area contributed by atoms with E-state index in [0.717, 1.165) is 31.0 Å². The van der Waals surface area contributed by atoms with E-state index in [4.69, 9.17) is 4.74 Å². The number of pyridine rings is 1. The minimum absolute atomic E-state index is 0.741. The van der Waals surface area contributed by atoms with Crippen molar-refractivity contribution in [2.45, 2.75) is 39.2 Å². The lowest BCUT2D eigenvalue weighted by Gasteiger charge is -2.10. The Hall–Kier alpha value is -1.61. The molecule has 0 aliphatic heterocycles. The fraction of sp³-hybridized carbons (Fsp3) is 0.471. The first-order chi connectivity index (χ1) is 9.85. The number of hydrogen-bond donors (Lipinski definition) is 1. The highest BCUT2D eigenvalue weighted by atomic mass is 16.5. The van der Waals surface area contributed by atoms with Crippen LogP contribution in [0.3, 0.4) is 0 Å². The van der Waals surface area contributed by atoms with Crippen LogP contribution >= 0.6 is 0 Å². The normalized spacial score (nSPS) is 10.9. The lowest BCUT2D eigenvalue weighted by molar-refractivity contribution is 0.294. The predicted molar refractivity (Wildman–Crippen MR) is 84.1 cm³/mol. The molecule has 20 heavy (non-hydrogen) atoms. The summed E-state index contributed by atoms with van der Waals surface area (Å²) in [6, 6.07) is 10.3. The van der Waals surface area contributed by atoms with E-state index in [0.29, 0.717) is 0 Å². The topological polar surface area (TPSA) is 34.1 Å². The molecule has 0 bridgehead atoms. The van der Waals surface area contributed by atoms with Crippen molar-refractivity contribution in [2.75, 3.05) is 13.7 Å². The summed E-state index contributed by atoms with van der Waals surface area (Å²) in [4.78, 5) is 4.59. The lowest BCUT2D eigenvalue weighted by Crippen LogP contribution is -2.07. The number of fused-ring (bicyclic) bond motifs is 1. The third kappa shape index (κ3) is 3.94. The predicted octanol–water partition coefficient (Wildman–Crippen LogP) is 3.91. The number of rotatable bonds is 8. The molecule has 0 saturated carbocycles. The molecule has 0 atom stereocenters. The molecule has 0 unspecified atom stereocenters. The summed E-state index contributed by atoms with van der Waals surface area (Å²) in [5.41, 5.74) is 2.24. The molecule has 1 heterocycles. The van der Waals surface area contributed by atoms with Gasteiger partial charge in [-0.25, -0.2) is 4.98 Å². The summed E-state index contributed by atoms with van der Waals surface area (Å²) in [6.45, 7) is 3.80. The fourth-order valence-corrected chi connectivity index (χ4v) is 2.34. The first kappa shape index (κ1) is 14.8. The molecule has 0 spiro atoms. The van der Waals surface area contributed by atoms with Gasteiger partial charge in [0.15, 0.2) is 0 Å². The van der Waals surface area contributed by atoms with Crippen molar-refractivity contribution >= 4 is 10.9 Å². The average molecular weight is 272 g/mol. The summed E-state index contributed by atoms with van der Waals surface area (Å²) in [7, 11) is 1.96. The van der Waals surface area contributed by atoms with Crippen molar-refractivity contribution in [1.29, 1.82) is 0 Å². The van der Waals surface area contributed by atoms with E-state index in [-0.39, 0.29) is 0 Å². The van der Waals surface area contributed by atoms with Crippen LogP contribution in [0.2, 0.25) is 0 Å². The Labute approximate surface area is 121 Å². The van der Waals surface area contributed by atoms with Crippen molar-refractivity contribution in [3.8, 4) is 5.88 Å². The largest absolute Gasteiger partial charge is 0.478 e. The summed E-state index contributed by atoms with van der Waals surface area (Å²) in [5.74, 6) is 0.741. The van der Waals surface area contributed by atoms with Crippen LogP contribution in [0.25, 0.3) is 10.9 Å². The zero-order chi connectivity index (χ0) is 14.2. The molecule has 0 saturated heterocycles. The van der Waals surface area contributed by atoms with Crippen LogP contribution in [0, 0.1) is 0 Å². The van der Waals surface area contributed by atoms with Crippen molar-refractivity contribution in [3.05, 3.63) is 35.9 Å². The van der Waals surface area contributed by atoms with Crippen molar-refractivity contribution in [2.24, 2.45) is 0 Å². The van der Waals surface area contributed by atoms with Gasteiger partial charge >= 0.3 is 0 Å². The Morgan fingerprint density at radius 1 is 1.15 bits per heavy atom. The number of para-hydroxylation sites is 1. The van der Waals surface area contributed by atoms with Gasteiger partial charge in [-0.3, -0.25) is 0 Å². The number of ether oxygens (including phenoxy) is 1. The maximum absolute atomic E-state index is 5.81. The average Bonchev–Trinajstić information content (AvgIpc) is 2.47. The second-order valence-corrected chi connectivity index (χ2v) is 5.08. The van der Waals surface area contributed by atoms with Crippen LogP contribution in [0.5, 0.6) is 5.88 Å². The molecule has 0 aliphatic rings. The molecule has 1 aromatic heterocycles. The van der Waals surface area contributed by atoms with Gasteiger partial charge < -0.3 is 10.1 Å². The van der Waals surface area contributed by atoms with Gasteiger partial charge in [0.05, 0.1) is 12.1 Å². The molecule has 2 aromatic rings. The smallest absolute Gasteiger partial charge is 0.214 e. The monoisotopic (exact) mass is 272 g/mol. The van der Waals surface area contributed by atoms with E-state index < -0.39 is 0 Å². The van der Waals surface area contributed by atoms with E-state index in [9.17, 15) is 0 Å². The Bertz CT molecular complexity index is 540. The van der Waals surface area contributed by atoms with Gasteiger partial charge in [-0.2, -0.15) is 0 Å². The standard InChI is InChI=1S/C17H24N2O/c1-3-4-5-8-11-20-17-12-14(13-18-2)15-9-6-7-10-16(15)19-17/h6-7,9-10,12,18H,3-5,8,11,13H2,1-2H3. The van der Waals surface area contributed by atoms with E-state index in [1.165, 1.54) is 30.2 Å². The molecular weight excluding hydrogens is 248 g/mol. The molecule has 0 radical (unpaired) electrons. The first-order valence-electron chi connectivity index (χ1n) is 7.51. The molecule has 3 heteroatoms. The highest BCUT2D eigenvalue weighted by molar-refractivity contribution is 5.82. The van der Waals surface area contributed by atoms with Crippen LogP contribution in [0.15, 0.2) is 30.3 Å². The second kappa shape index (κ2) is 7.85. The third-order valence-electron chi connectivity index (χ3n) is 3.39. The summed E-state index contributed by atoms with van der Waals surface area (Å²) in [5, 5.41) is 4.40. The number of hydrogen-bond acceptors (Lipinski definition) is 3. The Morgan fingerprint density at radius 3 is 2.80 bits per heavy atom. The Balaban J connectivity index is 2.09. The zero-order valence-electron chi connectivity index (χ0n) is 12.5. The van der Waals surface area contributed by atoms with E-state index in [1.54, 1.807) is 0 Å². The summed E-state index contributed by atoms with van der Waals surface area (Å²) < 4.78 is 5.81. The third-order valence-corrected chi connectivity index (χ3v) is 3.39. The number of nitrogens with one attached hydrogen (secondary N) is 1. The van der Waals surface area contributed by atoms with Gasteiger partial charge in [0.1, 0.15) is 0 Å². The molecule has 0 fully saturated rings. The molecule has 108 valence electrons. The Morgan fingerprint density at radius 2 is 2.00 bits per heavy atom. The van der Waals surface area contributed by atoms with Crippen LogP contribution < -0.4 is 10.1 Å². The number of benzene rings is 1. The number of aromatic nitrogens is 1. The first-order valence-corrected chi connectivity index (χ1v) is 7.51. The van der Waals surface area contributed by atoms with E-state index in [2.05, 4.69) is 35.4 Å². The fourth-order valence-electron chi connectivity index (χ4n) is 2.34. The molecule has 1 aromatic carbocycles. The van der Waals surface area contributed by atoms with Crippen LogP contribution in [-0.4, -0.2) is 18.6 Å². The maximum atomic E-state index is 5.81. The number of unbranched alkanes of at least 4 members (excludes halogenated alkanes) is 3. The van der Waals surface area contributed by atoms with E-state index in [1.807, 2.05) is 19.2 Å². The minimum Gasteiger partial charge on any atom is -0.478 e. The summed E-state index contributed by atoms with van der Waals surface area (Å²) >= 11 is 0. The van der Waals surface area contributed by atoms with Gasteiger partial charge in [-0.15, -0.1) is 0 Å². The van der Waals surface area contributed by atoms with Crippen molar-refractivity contribution in [3.63, 3.8) is 0 Å². The molecule has 2 rings (SSSR count). The van der Waals surface area contributed by atoms with Crippen LogP contribution in [0.4, 0.5) is 0 Å². The molecule has 3 nitrogen and oxygen atoms in total. The second-order valence-electron chi connectivity index (χ2n) is 5.08. The van der Waals surface area contributed by atoms with Gasteiger partial charge in [-0.05, 0) is 25.1 Å². The highest BCUT2D eigenvalue weighted by Gasteiger charge is 2.05. The molecule has 0 amide bonds. The SMILES string of the molecule is CCCCCCOc1cc(CNC)c2ccccc2n1. The highest BCUT2D eigenvalue weighted by Crippen LogP contribution is 2.22. The van der Waals surface area contributed by atoms with Gasteiger partial charge in [0, 0.05) is 18.0 Å². The maximum Gasteiger partial charge on any atom is 0.214 e. The van der Waals surface area contributed by atoms with Crippen molar-refractivity contribution in [1.82, 2.24) is 10.3 Å². The quantitative estimate of drug-likeness (QED) is 0.740. The van der Waals surface area contributed by atoms with Crippen LogP contribution in [0.1, 0.15) is 38.2 Å². The minimum atomic E-state index is 0.741. The molecular formula is C17H24N2O. The summed E-state index contributed by atoms with van der Waals surface area (Å²) in [6.07, 6.45) is 4.86. The van der Waals surface area contributed by atoms with Gasteiger partial charge in [0.2, 0.25) is 5.88 Å². The zero-order valence-corrected chi connectivity index (χ0v) is 12.5. The number of nitrogens with zero attached hydrogens (tertiary/aromatic N) is 1. The van der Waals surface area contributed by atoms with E-state index >= 15 is 0 Å². The van der Waals surface area contributed by atoms with Crippen LogP contribution in [-0.2, 0) is 6.54 Å². The van der Waals surface area contributed by atoms with Crippen molar-refractivity contribution < 1.29 is 4.74 Å².